The summed E-state index contributed by atoms with van der Waals surface area (Å²) < 4.78 is 4.89. The van der Waals surface area contributed by atoms with Crippen molar-refractivity contribution >= 4 is 60.8 Å². The van der Waals surface area contributed by atoms with Crippen LogP contribution in [0.1, 0.15) is 69.7 Å². The van der Waals surface area contributed by atoms with Crippen LogP contribution in [0, 0.1) is 13.8 Å². The van der Waals surface area contributed by atoms with Gasteiger partial charge in [-0.05, 0) is 108 Å². The van der Waals surface area contributed by atoms with Gasteiger partial charge in [0.2, 0.25) is 0 Å². The molecule has 5 heterocycles. The molecule has 0 amide bonds. The van der Waals surface area contributed by atoms with Crippen LogP contribution in [0.2, 0.25) is 6.55 Å². The number of dihydropyridines is 1. The fourth-order valence-corrected chi connectivity index (χ4v) is 11.7. The SMILES string of the molecule is C/C=C\C=C(/N)c1ccc(C2=C(c3ccc(C4=[N+]=Cc5ccccc54)cc3C)C(c3ccc(/C(C)=c4\cccc\c4=C\N)cc3C)=C(C3=CNC(C4C=CC=N4)C=C3)[Si+]2C)[n-]1. The molecule has 4 aliphatic rings. The Morgan fingerprint density at radius 2 is 1.64 bits per heavy atom. The summed E-state index contributed by atoms with van der Waals surface area (Å²) in [4.78, 5) is 9.97. The van der Waals surface area contributed by atoms with E-state index in [9.17, 15) is 0 Å². The van der Waals surface area contributed by atoms with Crippen LogP contribution in [0.15, 0.2) is 162 Å². The van der Waals surface area contributed by atoms with E-state index in [4.69, 9.17) is 21.1 Å². The van der Waals surface area contributed by atoms with E-state index >= 15 is 0 Å². The Balaban J connectivity index is 1.27. The summed E-state index contributed by atoms with van der Waals surface area (Å²) in [5.74, 6) is 0. The van der Waals surface area contributed by atoms with E-state index in [0.717, 1.165) is 49.8 Å². The predicted molar refractivity (Wildman–Crippen MR) is 259 cm³/mol. The number of nitrogens with two attached hydrogens (primary N) is 2. The second-order valence-corrected chi connectivity index (χ2v) is 18.2. The minimum Gasteiger partial charge on any atom is -0.654 e. The van der Waals surface area contributed by atoms with Gasteiger partial charge in [0.1, 0.15) is 5.20 Å². The molecule has 2 unspecified atom stereocenters. The predicted octanol–water partition coefficient (Wildman–Crippen LogP) is 7.39. The Kier molecular flexibility index (Phi) is 10.6. The van der Waals surface area contributed by atoms with Crippen molar-refractivity contribution in [2.75, 3.05) is 0 Å². The molecule has 2 atom stereocenters. The molecule has 0 saturated carbocycles. The first-order chi connectivity index (χ1) is 29.7. The van der Waals surface area contributed by atoms with Crippen LogP contribution in [0.25, 0.3) is 33.8 Å². The summed E-state index contributed by atoms with van der Waals surface area (Å²) in [6.45, 7) is 11.1. The molecule has 5 N–H and O–H groups in total. The minimum atomic E-state index is -1.45. The number of nitrogens with zero attached hydrogens (tertiary/aromatic N) is 3. The highest BCUT2D eigenvalue weighted by atomic mass is 28.3. The van der Waals surface area contributed by atoms with Gasteiger partial charge in [-0.2, -0.15) is 0 Å². The van der Waals surface area contributed by atoms with Crippen LogP contribution in [-0.4, -0.2) is 39.0 Å². The first-order valence-electron chi connectivity index (χ1n) is 20.9. The number of aromatic nitrogens is 1. The summed E-state index contributed by atoms with van der Waals surface area (Å²) in [5.41, 5.74) is 30.2. The summed E-state index contributed by atoms with van der Waals surface area (Å²) in [5, 5.41) is 8.48. The van der Waals surface area contributed by atoms with Crippen molar-refractivity contribution in [3.63, 3.8) is 0 Å². The Hall–Kier alpha value is -7.18. The van der Waals surface area contributed by atoms with Crippen molar-refractivity contribution < 1.29 is 0 Å². The minimum absolute atomic E-state index is 0.0706. The van der Waals surface area contributed by atoms with Gasteiger partial charge < -0.3 is 21.8 Å². The number of aryl methyl sites for hydroxylation is 2. The molecule has 0 spiro atoms. The molecule has 61 heavy (non-hydrogen) atoms. The molecular weight excluding hydrogens is 761 g/mol. The van der Waals surface area contributed by atoms with Gasteiger partial charge in [-0.1, -0.05) is 114 Å². The number of allylic oxidation sites excluding steroid dienone is 9. The third kappa shape index (κ3) is 7.18. The van der Waals surface area contributed by atoms with E-state index in [1.54, 1.807) is 6.20 Å². The average molecular weight is 810 g/mol. The first-order valence-corrected chi connectivity index (χ1v) is 22.9. The number of aliphatic imine (C=N–C) groups is 1. The first kappa shape index (κ1) is 39.3. The van der Waals surface area contributed by atoms with Crippen molar-refractivity contribution in [3.8, 4) is 0 Å². The normalized spacial score (nSPS) is 19.1. The molecule has 0 aliphatic carbocycles. The maximum atomic E-state index is 6.62. The summed E-state index contributed by atoms with van der Waals surface area (Å²) >= 11 is 0. The number of benzene rings is 4. The van der Waals surface area contributed by atoms with E-state index in [2.05, 4.69) is 153 Å². The lowest BCUT2D eigenvalue weighted by Crippen LogP contribution is -2.34. The average Bonchev–Trinajstić information content (AvgIpc) is 4.12. The third-order valence-electron chi connectivity index (χ3n) is 12.2. The zero-order valence-corrected chi connectivity index (χ0v) is 36.2. The van der Waals surface area contributed by atoms with Gasteiger partial charge in [0.05, 0.1) is 40.5 Å². The molecule has 0 radical (unpaired) electrons. The molecule has 298 valence electrons. The molecular formula is C54H49N6Si+. The van der Waals surface area contributed by atoms with Crippen LogP contribution in [0.4, 0.5) is 0 Å². The highest BCUT2D eigenvalue weighted by Crippen LogP contribution is 2.51. The van der Waals surface area contributed by atoms with Gasteiger partial charge in [-0.15, -0.1) is 5.69 Å². The number of hydrogen-bond acceptors (Lipinski definition) is 4. The Morgan fingerprint density at radius 1 is 0.869 bits per heavy atom. The van der Waals surface area contributed by atoms with Gasteiger partial charge in [0.15, 0.2) is 0 Å². The van der Waals surface area contributed by atoms with Gasteiger partial charge >= 0.3 is 20.7 Å². The zero-order chi connectivity index (χ0) is 42.2. The monoisotopic (exact) mass is 809 g/mol. The van der Waals surface area contributed by atoms with Gasteiger partial charge in [0.25, 0.3) is 0 Å². The van der Waals surface area contributed by atoms with E-state index in [1.807, 2.05) is 49.7 Å². The van der Waals surface area contributed by atoms with Crippen molar-refractivity contribution in [2.45, 2.75) is 46.3 Å². The van der Waals surface area contributed by atoms with Crippen LogP contribution >= 0.6 is 0 Å². The molecule has 0 fully saturated rings. The fourth-order valence-electron chi connectivity index (χ4n) is 9.02. The summed E-state index contributed by atoms with van der Waals surface area (Å²) in [6.07, 6.45) is 22.4. The van der Waals surface area contributed by atoms with Crippen molar-refractivity contribution in [1.29, 1.82) is 0 Å². The molecule has 0 saturated heterocycles. The summed E-state index contributed by atoms with van der Waals surface area (Å²) in [6, 6.07) is 34.9. The van der Waals surface area contributed by atoms with Crippen LogP contribution < -0.4 is 36.9 Å². The topological polar surface area (TPSA) is 105 Å². The number of fused-ring (bicyclic) bond motifs is 1. The number of rotatable bonds is 9. The highest BCUT2D eigenvalue weighted by Gasteiger charge is 2.47. The maximum Gasteiger partial charge on any atom is 0.387 e. The molecule has 4 aromatic carbocycles. The largest absolute Gasteiger partial charge is 0.654 e. The fraction of sp³-hybridized carbons (Fsp3) is 0.130. The second-order valence-electron chi connectivity index (χ2n) is 15.9. The lowest BCUT2D eigenvalue weighted by Gasteiger charge is -2.22. The van der Waals surface area contributed by atoms with Crippen molar-refractivity contribution in [3.05, 3.63) is 223 Å². The number of hydrogen-bond donors (Lipinski definition) is 3. The van der Waals surface area contributed by atoms with E-state index in [-0.39, 0.29) is 12.1 Å². The molecule has 0 bridgehead atoms. The van der Waals surface area contributed by atoms with Gasteiger partial charge in [-0.3, -0.25) is 4.99 Å². The molecule has 5 aromatic rings. The van der Waals surface area contributed by atoms with Crippen molar-refractivity contribution in [1.82, 2.24) is 15.0 Å². The lowest BCUT2D eigenvalue weighted by atomic mass is 9.84. The Labute approximate surface area is 359 Å². The maximum absolute atomic E-state index is 6.62. The molecule has 7 heteroatoms. The molecule has 4 aliphatic heterocycles. The lowest BCUT2D eigenvalue weighted by molar-refractivity contribution is 0.625. The summed E-state index contributed by atoms with van der Waals surface area (Å²) in [7, 11) is -1.45. The molecule has 1 aromatic heterocycles. The molecule has 9 rings (SSSR count). The van der Waals surface area contributed by atoms with Crippen LogP contribution in [-0.2, 0) is 0 Å². The number of nitrogens with one attached hydrogen (secondary N) is 1. The Bertz CT molecular complexity index is 3070. The Morgan fingerprint density at radius 3 is 2.38 bits per heavy atom. The highest BCUT2D eigenvalue weighted by molar-refractivity contribution is 6.91. The smallest absolute Gasteiger partial charge is 0.387 e. The molecule has 6 nitrogen and oxygen atoms in total. The van der Waals surface area contributed by atoms with Crippen LogP contribution in [0.3, 0.4) is 0 Å². The third-order valence-corrected chi connectivity index (χ3v) is 14.7. The van der Waals surface area contributed by atoms with E-state index < -0.39 is 8.80 Å². The van der Waals surface area contributed by atoms with E-state index in [0.29, 0.717) is 5.70 Å². The van der Waals surface area contributed by atoms with E-state index in [1.165, 1.54) is 54.9 Å². The van der Waals surface area contributed by atoms with Crippen LogP contribution in [0.5, 0.6) is 0 Å². The van der Waals surface area contributed by atoms with Crippen molar-refractivity contribution in [2.24, 2.45) is 16.5 Å². The quantitative estimate of drug-likeness (QED) is 0.0806. The second kappa shape index (κ2) is 16.5. The standard InChI is InChI=1S/C54H48N6Si/c1-6-7-17-45(56)46-25-26-49(60-46)54-51(42-23-20-37(29-34(42)3)52-44-16-11-9-14-39(44)31-59-52)50(53(61(54)5)40-21-24-48(58-32-40)47-18-12-27-57-47)41-22-19-36(28-33(41)2)35(4)43-15-10-8-13-38(43)30-55/h6-32,47-48H,56H2,1-5H3,(H2-,55,58,59,60)/p+1/b7-6-,45-17-. The zero-order valence-electron chi connectivity index (χ0n) is 35.2. The van der Waals surface area contributed by atoms with Gasteiger partial charge in [0, 0.05) is 41.0 Å². The van der Waals surface area contributed by atoms with Gasteiger partial charge in [-0.25, -0.2) is 0 Å².